The summed E-state index contributed by atoms with van der Waals surface area (Å²) in [6, 6.07) is 7.75. The van der Waals surface area contributed by atoms with Crippen molar-refractivity contribution in [2.24, 2.45) is 4.99 Å². The fraction of sp³-hybridized carbons (Fsp3) is 0.588. The molecule has 1 aromatic rings. The molecule has 0 bridgehead atoms. The van der Waals surface area contributed by atoms with Gasteiger partial charge in [-0.25, -0.2) is 4.99 Å². The number of ether oxygens (including phenoxy) is 2. The maximum atomic E-state index is 5.91. The molecule has 0 aliphatic carbocycles. The van der Waals surface area contributed by atoms with Crippen molar-refractivity contribution in [3.63, 3.8) is 0 Å². The topological polar surface area (TPSA) is 54.9 Å². The molecule has 1 aromatic carbocycles. The highest BCUT2D eigenvalue weighted by atomic mass is 35.5. The summed E-state index contributed by atoms with van der Waals surface area (Å²) >= 11 is 5.91. The minimum atomic E-state index is -0.172. The van der Waals surface area contributed by atoms with E-state index in [1.165, 1.54) is 0 Å². The van der Waals surface area contributed by atoms with Gasteiger partial charge in [-0.15, -0.1) is 0 Å². The van der Waals surface area contributed by atoms with E-state index in [4.69, 9.17) is 21.1 Å². The molecule has 128 valence electrons. The van der Waals surface area contributed by atoms with Crippen molar-refractivity contribution in [1.29, 1.82) is 0 Å². The Morgan fingerprint density at radius 2 is 1.96 bits per heavy atom. The van der Waals surface area contributed by atoms with Gasteiger partial charge in [0, 0.05) is 51.3 Å². The largest absolute Gasteiger partial charge is 0.381 e. The normalized spacial score (nSPS) is 17.8. The molecule has 2 N–H and O–H groups in total. The van der Waals surface area contributed by atoms with Gasteiger partial charge in [-0.05, 0) is 24.6 Å². The van der Waals surface area contributed by atoms with Crippen molar-refractivity contribution >= 4 is 17.6 Å². The van der Waals surface area contributed by atoms with Crippen LogP contribution in [0.1, 0.15) is 25.3 Å². The van der Waals surface area contributed by atoms with E-state index in [9.17, 15) is 0 Å². The Morgan fingerprint density at radius 1 is 1.26 bits per heavy atom. The van der Waals surface area contributed by atoms with Crippen LogP contribution < -0.4 is 10.6 Å². The van der Waals surface area contributed by atoms with Crippen molar-refractivity contribution in [2.45, 2.75) is 31.9 Å². The van der Waals surface area contributed by atoms with Crippen LogP contribution in [0, 0.1) is 0 Å². The van der Waals surface area contributed by atoms with Gasteiger partial charge in [-0.1, -0.05) is 23.7 Å². The minimum Gasteiger partial charge on any atom is -0.381 e. The van der Waals surface area contributed by atoms with Gasteiger partial charge in [-0.3, -0.25) is 0 Å². The Labute approximate surface area is 143 Å². The lowest BCUT2D eigenvalue weighted by molar-refractivity contribution is -0.0855. The van der Waals surface area contributed by atoms with Gasteiger partial charge in [0.15, 0.2) is 5.96 Å². The predicted octanol–water partition coefficient (Wildman–Crippen LogP) is 2.59. The number of hydrogen-bond acceptors (Lipinski definition) is 3. The van der Waals surface area contributed by atoms with Crippen molar-refractivity contribution < 1.29 is 9.47 Å². The van der Waals surface area contributed by atoms with Gasteiger partial charge in [-0.2, -0.15) is 0 Å². The second-order valence-corrected chi connectivity index (χ2v) is 6.11. The summed E-state index contributed by atoms with van der Waals surface area (Å²) in [5, 5.41) is 7.41. The van der Waals surface area contributed by atoms with Crippen LogP contribution in [0.3, 0.4) is 0 Å². The maximum absolute atomic E-state index is 5.91. The molecule has 23 heavy (non-hydrogen) atoms. The SMILES string of the molecule is CCNC(=NCc1ccc(Cl)cc1)NCC1(OC)CCOCC1. The highest BCUT2D eigenvalue weighted by Crippen LogP contribution is 2.23. The summed E-state index contributed by atoms with van der Waals surface area (Å²) < 4.78 is 11.2. The first-order valence-electron chi connectivity index (χ1n) is 8.07. The van der Waals surface area contributed by atoms with Gasteiger partial charge in [0.05, 0.1) is 12.1 Å². The van der Waals surface area contributed by atoms with Crippen molar-refractivity contribution in [1.82, 2.24) is 10.6 Å². The van der Waals surface area contributed by atoms with E-state index >= 15 is 0 Å². The second-order valence-electron chi connectivity index (χ2n) is 5.67. The number of rotatable bonds is 6. The van der Waals surface area contributed by atoms with Gasteiger partial charge in [0.2, 0.25) is 0 Å². The molecule has 0 unspecified atom stereocenters. The van der Waals surface area contributed by atoms with Crippen LogP contribution in [-0.2, 0) is 16.0 Å². The van der Waals surface area contributed by atoms with E-state index in [0.29, 0.717) is 6.54 Å². The lowest BCUT2D eigenvalue weighted by atomic mass is 9.94. The summed E-state index contributed by atoms with van der Waals surface area (Å²) in [4.78, 5) is 4.63. The number of hydrogen-bond donors (Lipinski definition) is 2. The molecule has 0 radical (unpaired) electrons. The zero-order valence-electron chi connectivity index (χ0n) is 13.9. The van der Waals surface area contributed by atoms with Crippen LogP contribution in [0.5, 0.6) is 0 Å². The molecule has 0 spiro atoms. The summed E-state index contributed by atoms with van der Waals surface area (Å²) in [6.45, 7) is 5.69. The first kappa shape index (κ1) is 18.0. The van der Waals surface area contributed by atoms with Crippen LogP contribution in [0.4, 0.5) is 0 Å². The van der Waals surface area contributed by atoms with Gasteiger partial charge < -0.3 is 20.1 Å². The second kappa shape index (κ2) is 9.11. The molecule has 1 aliphatic heterocycles. The van der Waals surface area contributed by atoms with E-state index in [-0.39, 0.29) is 5.60 Å². The average Bonchev–Trinajstić information content (AvgIpc) is 2.59. The van der Waals surface area contributed by atoms with Crippen molar-refractivity contribution in [2.75, 3.05) is 33.4 Å². The maximum Gasteiger partial charge on any atom is 0.191 e. The van der Waals surface area contributed by atoms with E-state index in [2.05, 4.69) is 22.5 Å². The lowest BCUT2D eigenvalue weighted by Gasteiger charge is -2.36. The van der Waals surface area contributed by atoms with Gasteiger partial charge in [0.1, 0.15) is 0 Å². The Morgan fingerprint density at radius 3 is 2.57 bits per heavy atom. The van der Waals surface area contributed by atoms with Gasteiger partial charge >= 0.3 is 0 Å². The third kappa shape index (κ3) is 5.68. The molecule has 0 saturated carbocycles. The lowest BCUT2D eigenvalue weighted by Crippen LogP contribution is -2.50. The molecule has 1 aliphatic rings. The number of nitrogens with zero attached hydrogens (tertiary/aromatic N) is 1. The van der Waals surface area contributed by atoms with Crippen LogP contribution in [0.25, 0.3) is 0 Å². The first-order chi connectivity index (χ1) is 11.2. The Kier molecular flexibility index (Phi) is 7.15. The number of benzene rings is 1. The third-order valence-corrected chi connectivity index (χ3v) is 4.34. The van der Waals surface area contributed by atoms with Crippen LogP contribution >= 0.6 is 11.6 Å². The molecule has 1 fully saturated rings. The molecular weight excluding hydrogens is 314 g/mol. The molecule has 5 nitrogen and oxygen atoms in total. The molecule has 0 aromatic heterocycles. The van der Waals surface area contributed by atoms with Crippen LogP contribution in [-0.4, -0.2) is 45.0 Å². The predicted molar refractivity (Wildman–Crippen MR) is 94.1 cm³/mol. The first-order valence-corrected chi connectivity index (χ1v) is 8.45. The summed E-state index contributed by atoms with van der Waals surface area (Å²) in [5.74, 6) is 0.797. The molecule has 6 heteroatoms. The summed E-state index contributed by atoms with van der Waals surface area (Å²) in [7, 11) is 1.77. The molecule has 0 amide bonds. The monoisotopic (exact) mass is 339 g/mol. The number of nitrogens with one attached hydrogen (secondary N) is 2. The van der Waals surface area contributed by atoms with E-state index < -0.39 is 0 Å². The smallest absolute Gasteiger partial charge is 0.191 e. The van der Waals surface area contributed by atoms with Crippen molar-refractivity contribution in [3.05, 3.63) is 34.9 Å². The third-order valence-electron chi connectivity index (χ3n) is 4.09. The Balaban J connectivity index is 1.94. The van der Waals surface area contributed by atoms with Crippen molar-refractivity contribution in [3.8, 4) is 0 Å². The van der Waals surface area contributed by atoms with E-state index in [1.807, 2.05) is 24.3 Å². The zero-order chi connectivity index (χ0) is 16.5. The zero-order valence-corrected chi connectivity index (χ0v) is 14.7. The van der Waals surface area contributed by atoms with Crippen LogP contribution in [0.15, 0.2) is 29.3 Å². The van der Waals surface area contributed by atoms with Gasteiger partial charge in [0.25, 0.3) is 0 Å². The molecule has 2 rings (SSSR count). The Bertz CT molecular complexity index is 499. The number of guanidine groups is 1. The summed E-state index contributed by atoms with van der Waals surface area (Å²) in [5.41, 5.74) is 0.952. The number of halogens is 1. The Hall–Kier alpha value is -1.30. The molecule has 0 atom stereocenters. The molecule has 1 heterocycles. The fourth-order valence-corrected chi connectivity index (χ4v) is 2.67. The molecule has 1 saturated heterocycles. The quantitative estimate of drug-likeness (QED) is 0.618. The molecular formula is C17H26ClN3O2. The fourth-order valence-electron chi connectivity index (χ4n) is 2.54. The number of aliphatic imine (C=N–C) groups is 1. The van der Waals surface area contributed by atoms with Crippen LogP contribution in [0.2, 0.25) is 5.02 Å². The summed E-state index contributed by atoms with van der Waals surface area (Å²) in [6.07, 6.45) is 1.79. The minimum absolute atomic E-state index is 0.172. The highest BCUT2D eigenvalue weighted by molar-refractivity contribution is 6.30. The standard InChI is InChI=1S/C17H26ClN3O2/c1-3-19-16(20-12-14-4-6-15(18)7-5-14)21-13-17(22-2)8-10-23-11-9-17/h4-7H,3,8-13H2,1-2H3,(H2,19,20,21). The van der Waals surface area contributed by atoms with E-state index in [1.54, 1.807) is 7.11 Å². The van der Waals surface area contributed by atoms with E-state index in [0.717, 1.165) is 55.7 Å². The highest BCUT2D eigenvalue weighted by Gasteiger charge is 2.32. The average molecular weight is 340 g/mol. The number of methoxy groups -OCH3 is 1.